The summed E-state index contributed by atoms with van der Waals surface area (Å²) in [5.41, 5.74) is 1.12. The molecule has 3 nitrogen and oxygen atoms in total. The Labute approximate surface area is 112 Å². The molecule has 2 aromatic rings. The van der Waals surface area contributed by atoms with E-state index in [0.29, 0.717) is 6.61 Å². The number of rotatable bonds is 7. The molecule has 0 unspecified atom stereocenters. The molecule has 2 rings (SSSR count). The Kier molecular flexibility index (Phi) is 5.17. The van der Waals surface area contributed by atoms with Gasteiger partial charge in [-0.05, 0) is 24.1 Å². The van der Waals surface area contributed by atoms with Gasteiger partial charge in [-0.3, -0.25) is 0 Å². The molecule has 1 N–H and O–H groups in total. The van der Waals surface area contributed by atoms with Crippen LogP contribution in [0.1, 0.15) is 17.4 Å². The van der Waals surface area contributed by atoms with Gasteiger partial charge >= 0.3 is 0 Å². The Morgan fingerprint density at radius 3 is 3.06 bits per heavy atom. The number of ether oxygens (including phenoxy) is 1. The Balaban J connectivity index is 1.87. The molecule has 2 heterocycles. The van der Waals surface area contributed by atoms with E-state index in [0.717, 1.165) is 31.0 Å². The maximum atomic E-state index is 5.76. The van der Waals surface area contributed by atoms with Crippen molar-refractivity contribution in [2.75, 3.05) is 13.2 Å². The van der Waals surface area contributed by atoms with Crippen LogP contribution in [0.4, 0.5) is 0 Å². The van der Waals surface area contributed by atoms with E-state index < -0.39 is 0 Å². The molecule has 0 aromatic carbocycles. The normalized spacial score (nSPS) is 10.5. The third-order valence-electron chi connectivity index (χ3n) is 2.58. The summed E-state index contributed by atoms with van der Waals surface area (Å²) in [7, 11) is 0. The average Bonchev–Trinajstić information content (AvgIpc) is 2.91. The van der Waals surface area contributed by atoms with Crippen molar-refractivity contribution >= 4 is 11.3 Å². The van der Waals surface area contributed by atoms with E-state index in [2.05, 4.69) is 40.8 Å². The van der Waals surface area contributed by atoms with Crippen LogP contribution in [-0.4, -0.2) is 18.1 Å². The van der Waals surface area contributed by atoms with Crippen molar-refractivity contribution < 1.29 is 4.74 Å². The van der Waals surface area contributed by atoms with Crippen LogP contribution in [0.3, 0.4) is 0 Å². The molecule has 0 aliphatic rings. The highest BCUT2D eigenvalue weighted by Gasteiger charge is 2.04. The first-order valence-electron chi connectivity index (χ1n) is 6.20. The summed E-state index contributed by atoms with van der Waals surface area (Å²) < 4.78 is 5.76. The predicted molar refractivity (Wildman–Crippen MR) is 75.1 cm³/mol. The second-order valence-electron chi connectivity index (χ2n) is 3.93. The predicted octanol–water partition coefficient (Wildman–Crippen LogP) is 2.87. The summed E-state index contributed by atoms with van der Waals surface area (Å²) >= 11 is 1.76. The highest BCUT2D eigenvalue weighted by molar-refractivity contribution is 7.09. The quantitative estimate of drug-likeness (QED) is 0.833. The van der Waals surface area contributed by atoms with Crippen LogP contribution in [0.25, 0.3) is 0 Å². The molecular weight excluding hydrogens is 244 g/mol. The van der Waals surface area contributed by atoms with Gasteiger partial charge in [-0.25, -0.2) is 4.98 Å². The van der Waals surface area contributed by atoms with Crippen LogP contribution in [0.2, 0.25) is 0 Å². The van der Waals surface area contributed by atoms with Crippen LogP contribution >= 0.6 is 11.3 Å². The standard InChI is InChI=1S/C14H18N2OS/c1-2-15-11-12-5-3-8-16-14(12)17-9-7-13-6-4-10-18-13/h3-6,8,10,15H,2,7,9,11H2,1H3. The molecule has 0 saturated heterocycles. The first-order valence-corrected chi connectivity index (χ1v) is 7.08. The average molecular weight is 262 g/mol. The lowest BCUT2D eigenvalue weighted by Gasteiger charge is -2.09. The lowest BCUT2D eigenvalue weighted by atomic mass is 10.2. The number of hydrogen-bond donors (Lipinski definition) is 1. The zero-order chi connectivity index (χ0) is 12.6. The maximum absolute atomic E-state index is 5.76. The van der Waals surface area contributed by atoms with Gasteiger partial charge in [0.2, 0.25) is 5.88 Å². The minimum absolute atomic E-state index is 0.677. The molecule has 0 bridgehead atoms. The molecule has 0 saturated carbocycles. The summed E-state index contributed by atoms with van der Waals surface area (Å²) in [5, 5.41) is 5.38. The minimum atomic E-state index is 0.677. The Morgan fingerprint density at radius 1 is 1.33 bits per heavy atom. The molecule has 2 aromatic heterocycles. The number of hydrogen-bond acceptors (Lipinski definition) is 4. The van der Waals surface area contributed by atoms with Gasteiger partial charge in [0.05, 0.1) is 6.61 Å². The molecule has 18 heavy (non-hydrogen) atoms. The largest absolute Gasteiger partial charge is 0.477 e. The smallest absolute Gasteiger partial charge is 0.217 e. The monoisotopic (exact) mass is 262 g/mol. The fourth-order valence-corrected chi connectivity index (χ4v) is 2.34. The van der Waals surface area contributed by atoms with Gasteiger partial charge in [0.25, 0.3) is 0 Å². The van der Waals surface area contributed by atoms with Crippen LogP contribution in [0.15, 0.2) is 35.8 Å². The van der Waals surface area contributed by atoms with Gasteiger partial charge in [0, 0.05) is 29.6 Å². The number of nitrogens with zero attached hydrogens (tertiary/aromatic N) is 1. The van der Waals surface area contributed by atoms with Crippen LogP contribution < -0.4 is 10.1 Å². The molecule has 96 valence electrons. The van der Waals surface area contributed by atoms with Gasteiger partial charge in [0.1, 0.15) is 0 Å². The number of pyridine rings is 1. The van der Waals surface area contributed by atoms with Crippen LogP contribution in [0, 0.1) is 0 Å². The summed E-state index contributed by atoms with van der Waals surface area (Å²) in [6, 6.07) is 8.19. The van der Waals surface area contributed by atoms with E-state index in [1.807, 2.05) is 6.07 Å². The molecule has 0 aliphatic carbocycles. The third-order valence-corrected chi connectivity index (χ3v) is 3.52. The highest BCUT2D eigenvalue weighted by atomic mass is 32.1. The van der Waals surface area contributed by atoms with E-state index in [4.69, 9.17) is 4.74 Å². The Hall–Kier alpha value is -1.39. The van der Waals surface area contributed by atoms with E-state index >= 15 is 0 Å². The fraction of sp³-hybridized carbons (Fsp3) is 0.357. The van der Waals surface area contributed by atoms with Crippen molar-refractivity contribution in [3.05, 3.63) is 46.3 Å². The van der Waals surface area contributed by atoms with Gasteiger partial charge < -0.3 is 10.1 Å². The lowest BCUT2D eigenvalue weighted by Crippen LogP contribution is -2.14. The maximum Gasteiger partial charge on any atom is 0.217 e. The zero-order valence-electron chi connectivity index (χ0n) is 10.6. The molecule has 0 fully saturated rings. The first-order chi connectivity index (χ1) is 8.90. The second kappa shape index (κ2) is 7.13. The molecule has 0 spiro atoms. The first kappa shape index (κ1) is 13.1. The van der Waals surface area contributed by atoms with E-state index in [9.17, 15) is 0 Å². The zero-order valence-corrected chi connectivity index (χ0v) is 11.4. The van der Waals surface area contributed by atoms with Crippen molar-refractivity contribution in [3.63, 3.8) is 0 Å². The summed E-state index contributed by atoms with van der Waals surface area (Å²) in [6.07, 6.45) is 2.71. The molecule has 0 radical (unpaired) electrons. The van der Waals surface area contributed by atoms with Gasteiger partial charge in [-0.2, -0.15) is 0 Å². The van der Waals surface area contributed by atoms with Gasteiger partial charge in [0.15, 0.2) is 0 Å². The molecular formula is C14H18N2OS. The number of nitrogens with one attached hydrogen (secondary N) is 1. The fourth-order valence-electron chi connectivity index (χ4n) is 1.65. The van der Waals surface area contributed by atoms with Crippen molar-refractivity contribution in [2.45, 2.75) is 19.9 Å². The Morgan fingerprint density at radius 2 is 2.28 bits per heavy atom. The van der Waals surface area contributed by atoms with Crippen LogP contribution in [0.5, 0.6) is 5.88 Å². The molecule has 4 heteroatoms. The van der Waals surface area contributed by atoms with Crippen molar-refractivity contribution in [1.82, 2.24) is 10.3 Å². The number of aromatic nitrogens is 1. The summed E-state index contributed by atoms with van der Waals surface area (Å²) in [6.45, 7) is 4.52. The number of thiophene rings is 1. The third kappa shape index (κ3) is 3.82. The van der Waals surface area contributed by atoms with E-state index in [1.165, 1.54) is 4.88 Å². The SMILES string of the molecule is CCNCc1cccnc1OCCc1cccs1. The Bertz CT molecular complexity index is 457. The van der Waals surface area contributed by atoms with E-state index in [-0.39, 0.29) is 0 Å². The van der Waals surface area contributed by atoms with Crippen molar-refractivity contribution in [1.29, 1.82) is 0 Å². The molecule has 0 atom stereocenters. The van der Waals surface area contributed by atoms with Gasteiger partial charge in [-0.1, -0.05) is 19.1 Å². The minimum Gasteiger partial charge on any atom is -0.477 e. The highest BCUT2D eigenvalue weighted by Crippen LogP contribution is 2.15. The summed E-state index contributed by atoms with van der Waals surface area (Å²) in [4.78, 5) is 5.64. The molecule has 0 aliphatic heterocycles. The lowest BCUT2D eigenvalue weighted by molar-refractivity contribution is 0.306. The van der Waals surface area contributed by atoms with E-state index in [1.54, 1.807) is 17.5 Å². The second-order valence-corrected chi connectivity index (χ2v) is 4.96. The molecule has 0 amide bonds. The topological polar surface area (TPSA) is 34.2 Å². The van der Waals surface area contributed by atoms with Gasteiger partial charge in [-0.15, -0.1) is 11.3 Å². The summed E-state index contributed by atoms with van der Waals surface area (Å²) in [5.74, 6) is 0.745. The van der Waals surface area contributed by atoms with Crippen molar-refractivity contribution in [2.24, 2.45) is 0 Å². The van der Waals surface area contributed by atoms with Crippen LogP contribution in [-0.2, 0) is 13.0 Å². The van der Waals surface area contributed by atoms with Crippen molar-refractivity contribution in [3.8, 4) is 5.88 Å².